The van der Waals surface area contributed by atoms with E-state index in [0.29, 0.717) is 30.2 Å². The highest BCUT2D eigenvalue weighted by Crippen LogP contribution is 2.30. The normalized spacial score (nSPS) is 19.6. The van der Waals surface area contributed by atoms with Gasteiger partial charge in [0.2, 0.25) is 0 Å². The molecule has 0 spiro atoms. The fourth-order valence-electron chi connectivity index (χ4n) is 4.75. The third-order valence-corrected chi connectivity index (χ3v) is 6.57. The molecule has 2 heterocycles. The van der Waals surface area contributed by atoms with Crippen molar-refractivity contribution in [2.24, 2.45) is 0 Å². The lowest BCUT2D eigenvalue weighted by Gasteiger charge is -2.39. The molecule has 0 bridgehead atoms. The van der Waals surface area contributed by atoms with Crippen molar-refractivity contribution >= 4 is 5.91 Å². The maximum absolute atomic E-state index is 13.2. The zero-order valence-electron chi connectivity index (χ0n) is 20.4. The minimum Gasteiger partial charge on any atom is -0.496 e. The van der Waals surface area contributed by atoms with E-state index in [1.54, 1.807) is 33.5 Å². The smallest absolute Gasteiger partial charge is 0.261 e. The number of hydrogen-bond donors (Lipinski definition) is 0. The van der Waals surface area contributed by atoms with Crippen molar-refractivity contribution in [3.63, 3.8) is 0 Å². The molecule has 0 N–H and O–H groups in total. The first-order valence-electron chi connectivity index (χ1n) is 11.8. The maximum Gasteiger partial charge on any atom is 0.261 e. The van der Waals surface area contributed by atoms with E-state index >= 15 is 0 Å². The zero-order chi connectivity index (χ0) is 23.9. The van der Waals surface area contributed by atoms with E-state index in [1.165, 1.54) is 5.56 Å². The molecule has 2 aromatic rings. The molecule has 2 aromatic carbocycles. The Morgan fingerprint density at radius 3 is 2.18 bits per heavy atom. The first-order chi connectivity index (χ1) is 16.6. The molecule has 0 radical (unpaired) electrons. The molecular weight excluding hydrogens is 434 g/mol. The van der Waals surface area contributed by atoms with Crippen LogP contribution in [0.3, 0.4) is 0 Å². The summed E-state index contributed by atoms with van der Waals surface area (Å²) in [5.41, 5.74) is 1.69. The van der Waals surface area contributed by atoms with Gasteiger partial charge in [0.25, 0.3) is 5.91 Å². The Morgan fingerprint density at radius 1 is 0.853 bits per heavy atom. The summed E-state index contributed by atoms with van der Waals surface area (Å²) in [7, 11) is 4.87. The molecule has 0 aliphatic carbocycles. The Hall–Kier alpha value is -2.81. The number of benzene rings is 2. The lowest BCUT2D eigenvalue weighted by molar-refractivity contribution is -0.0498. The number of methoxy groups -OCH3 is 3. The Kier molecular flexibility index (Phi) is 8.26. The molecule has 2 saturated heterocycles. The Labute approximate surface area is 201 Å². The van der Waals surface area contributed by atoms with Gasteiger partial charge in [0.1, 0.15) is 22.8 Å². The molecule has 0 aromatic heterocycles. The van der Waals surface area contributed by atoms with Crippen LogP contribution < -0.4 is 14.2 Å². The molecule has 34 heavy (non-hydrogen) atoms. The van der Waals surface area contributed by atoms with Crippen LogP contribution in [0.4, 0.5) is 0 Å². The second-order valence-electron chi connectivity index (χ2n) is 8.67. The number of piperazine rings is 1. The van der Waals surface area contributed by atoms with Crippen LogP contribution in [0.5, 0.6) is 17.2 Å². The van der Waals surface area contributed by atoms with E-state index in [9.17, 15) is 4.79 Å². The molecule has 1 atom stereocenters. The summed E-state index contributed by atoms with van der Waals surface area (Å²) in [6, 6.07) is 13.6. The van der Waals surface area contributed by atoms with Gasteiger partial charge in [-0.1, -0.05) is 24.3 Å². The quantitative estimate of drug-likeness (QED) is 0.588. The number of carbonyl (C=O) groups excluding carboxylic acids is 1. The minimum atomic E-state index is -0.0501. The fraction of sp³-hybridized carbons (Fsp3) is 0.500. The summed E-state index contributed by atoms with van der Waals surface area (Å²) in [5, 5.41) is 0. The fourth-order valence-corrected chi connectivity index (χ4v) is 4.75. The monoisotopic (exact) mass is 469 g/mol. The number of ether oxygens (including phenoxy) is 4. The lowest BCUT2D eigenvalue weighted by Crippen LogP contribution is -2.53. The lowest BCUT2D eigenvalue weighted by atomic mass is 10.1. The van der Waals surface area contributed by atoms with Gasteiger partial charge in [-0.15, -0.1) is 0 Å². The highest BCUT2D eigenvalue weighted by atomic mass is 16.5. The maximum atomic E-state index is 13.2. The van der Waals surface area contributed by atoms with Crippen molar-refractivity contribution in [1.82, 2.24) is 14.7 Å². The zero-order valence-corrected chi connectivity index (χ0v) is 20.4. The van der Waals surface area contributed by atoms with Gasteiger partial charge in [-0.3, -0.25) is 14.6 Å². The summed E-state index contributed by atoms with van der Waals surface area (Å²) in [6.45, 7) is 7.20. The van der Waals surface area contributed by atoms with E-state index in [2.05, 4.69) is 21.9 Å². The summed E-state index contributed by atoms with van der Waals surface area (Å²) >= 11 is 0. The number of amides is 1. The van der Waals surface area contributed by atoms with Gasteiger partial charge in [0, 0.05) is 57.9 Å². The van der Waals surface area contributed by atoms with Gasteiger partial charge in [0.05, 0.1) is 34.0 Å². The SMILES string of the molecule is COc1ccccc1CN1CCO[C@H](CN2CCN(C(=O)c3c(OC)cccc3OC)CC2)C1. The van der Waals surface area contributed by atoms with E-state index in [0.717, 1.165) is 51.6 Å². The third-order valence-electron chi connectivity index (χ3n) is 6.57. The van der Waals surface area contributed by atoms with Crippen LogP contribution in [0.1, 0.15) is 15.9 Å². The largest absolute Gasteiger partial charge is 0.496 e. The Bertz CT molecular complexity index is 939. The molecule has 0 unspecified atom stereocenters. The van der Waals surface area contributed by atoms with Crippen molar-refractivity contribution < 1.29 is 23.7 Å². The molecule has 4 rings (SSSR count). The van der Waals surface area contributed by atoms with Crippen LogP contribution >= 0.6 is 0 Å². The van der Waals surface area contributed by atoms with Crippen LogP contribution in [-0.4, -0.2) is 100 Å². The van der Waals surface area contributed by atoms with Crippen molar-refractivity contribution in [3.8, 4) is 17.2 Å². The van der Waals surface area contributed by atoms with Crippen molar-refractivity contribution in [2.75, 3.05) is 73.7 Å². The van der Waals surface area contributed by atoms with E-state index < -0.39 is 0 Å². The topological polar surface area (TPSA) is 63.7 Å². The average Bonchev–Trinajstić information content (AvgIpc) is 2.88. The first kappa shape index (κ1) is 24.3. The highest BCUT2D eigenvalue weighted by molar-refractivity contribution is 5.99. The van der Waals surface area contributed by atoms with Crippen molar-refractivity contribution in [2.45, 2.75) is 12.6 Å². The minimum absolute atomic E-state index is 0.0501. The van der Waals surface area contributed by atoms with E-state index in [4.69, 9.17) is 18.9 Å². The molecular formula is C26H35N3O5. The van der Waals surface area contributed by atoms with Gasteiger partial charge in [-0.05, 0) is 18.2 Å². The van der Waals surface area contributed by atoms with Crippen molar-refractivity contribution in [1.29, 1.82) is 0 Å². The van der Waals surface area contributed by atoms with Crippen molar-refractivity contribution in [3.05, 3.63) is 53.6 Å². The number of carbonyl (C=O) groups is 1. The standard InChI is InChI=1S/C26H35N3O5/c1-31-22-8-5-4-7-20(22)17-28-15-16-34-21(19-28)18-27-11-13-29(14-12-27)26(30)25-23(32-2)9-6-10-24(25)33-3/h4-10,21H,11-19H2,1-3H3/t21-/m1/s1. The summed E-state index contributed by atoms with van der Waals surface area (Å²) < 4.78 is 22.4. The van der Waals surface area contributed by atoms with Crippen LogP contribution in [0.15, 0.2) is 42.5 Å². The van der Waals surface area contributed by atoms with Gasteiger partial charge >= 0.3 is 0 Å². The summed E-state index contributed by atoms with van der Waals surface area (Å²) in [6.07, 6.45) is 0.153. The predicted octanol–water partition coefficient (Wildman–Crippen LogP) is 2.37. The molecule has 1 amide bonds. The van der Waals surface area contributed by atoms with Gasteiger partial charge in [-0.25, -0.2) is 0 Å². The van der Waals surface area contributed by atoms with Gasteiger partial charge in [-0.2, -0.15) is 0 Å². The van der Waals surface area contributed by atoms with Crippen LogP contribution in [0, 0.1) is 0 Å². The number of para-hydroxylation sites is 1. The van der Waals surface area contributed by atoms with Gasteiger partial charge < -0.3 is 23.8 Å². The first-order valence-corrected chi connectivity index (χ1v) is 11.8. The second kappa shape index (κ2) is 11.6. The third kappa shape index (κ3) is 5.63. The molecule has 8 nitrogen and oxygen atoms in total. The summed E-state index contributed by atoms with van der Waals surface area (Å²) in [5.74, 6) is 1.96. The number of morpholine rings is 1. The molecule has 0 saturated carbocycles. The Morgan fingerprint density at radius 2 is 1.50 bits per heavy atom. The molecule has 8 heteroatoms. The predicted molar refractivity (Wildman–Crippen MR) is 130 cm³/mol. The van der Waals surface area contributed by atoms with Crippen LogP contribution in [-0.2, 0) is 11.3 Å². The molecule has 2 fully saturated rings. The number of rotatable bonds is 8. The van der Waals surface area contributed by atoms with Crippen LogP contribution in [0.25, 0.3) is 0 Å². The second-order valence-corrected chi connectivity index (χ2v) is 8.67. The molecule has 184 valence electrons. The van der Waals surface area contributed by atoms with E-state index in [1.807, 2.05) is 23.1 Å². The van der Waals surface area contributed by atoms with E-state index in [-0.39, 0.29) is 12.0 Å². The average molecular weight is 470 g/mol. The number of hydrogen-bond acceptors (Lipinski definition) is 7. The number of nitrogens with zero attached hydrogens (tertiary/aromatic N) is 3. The highest BCUT2D eigenvalue weighted by Gasteiger charge is 2.29. The summed E-state index contributed by atoms with van der Waals surface area (Å²) in [4.78, 5) is 19.9. The molecule has 2 aliphatic heterocycles. The van der Waals surface area contributed by atoms with Crippen LogP contribution in [0.2, 0.25) is 0 Å². The van der Waals surface area contributed by atoms with Gasteiger partial charge in [0.15, 0.2) is 0 Å². The molecule has 2 aliphatic rings. The Balaban J connectivity index is 1.30.